The van der Waals surface area contributed by atoms with Crippen LogP contribution in [0.2, 0.25) is 0 Å². The Morgan fingerprint density at radius 1 is 0.970 bits per heavy atom. The molecule has 1 fully saturated rings. The highest BCUT2D eigenvalue weighted by atomic mass is 16.6. The molecule has 0 saturated carbocycles. The first kappa shape index (κ1) is 21.4. The summed E-state index contributed by atoms with van der Waals surface area (Å²) in [6.45, 7) is 1.35. The molecule has 3 aromatic rings. The summed E-state index contributed by atoms with van der Waals surface area (Å²) in [6.07, 6.45) is 0.567. The Labute approximate surface area is 192 Å². The van der Waals surface area contributed by atoms with Gasteiger partial charge in [0.05, 0.1) is 25.7 Å². The average Bonchev–Trinajstić information content (AvgIpc) is 2.87. The molecule has 0 aliphatic carbocycles. The zero-order valence-electron chi connectivity index (χ0n) is 18.6. The standard InChI is InChI=1S/C26H26N2O5/c1-31-23-14-19-12-13-27-25(21(19)15-24(23)32-2)22(17-6-4-3-5-7-17)16-33-26(27)18-8-10-20(11-9-18)28(29)30/h3-11,14-15,22,25-26H,12-13,16H2,1-2H3/t22-,25+,26+/m1/s1. The maximum Gasteiger partial charge on any atom is 0.269 e. The fourth-order valence-electron chi connectivity index (χ4n) is 5.12. The van der Waals surface area contributed by atoms with Gasteiger partial charge in [-0.2, -0.15) is 0 Å². The maximum atomic E-state index is 11.1. The molecular formula is C26H26N2O5. The molecule has 2 aliphatic heterocycles. The number of fused-ring (bicyclic) bond motifs is 3. The van der Waals surface area contributed by atoms with Crippen LogP contribution in [0.3, 0.4) is 0 Å². The summed E-state index contributed by atoms with van der Waals surface area (Å²) in [5, 5.41) is 11.1. The van der Waals surface area contributed by atoms with Gasteiger partial charge in [0.25, 0.3) is 5.69 Å². The van der Waals surface area contributed by atoms with Crippen molar-refractivity contribution in [2.45, 2.75) is 24.6 Å². The molecule has 0 N–H and O–H groups in total. The molecule has 2 heterocycles. The number of hydrogen-bond acceptors (Lipinski definition) is 6. The normalized spacial score (nSPS) is 22.2. The van der Waals surface area contributed by atoms with Gasteiger partial charge in [0.2, 0.25) is 0 Å². The molecule has 0 bridgehead atoms. The van der Waals surface area contributed by atoms with Gasteiger partial charge in [0.15, 0.2) is 11.5 Å². The van der Waals surface area contributed by atoms with Crippen molar-refractivity contribution in [3.05, 3.63) is 99.1 Å². The molecule has 7 nitrogen and oxygen atoms in total. The van der Waals surface area contributed by atoms with E-state index >= 15 is 0 Å². The third-order valence-corrected chi connectivity index (χ3v) is 6.69. The van der Waals surface area contributed by atoms with Crippen LogP contribution in [0.4, 0.5) is 5.69 Å². The molecule has 0 amide bonds. The summed E-state index contributed by atoms with van der Waals surface area (Å²) in [4.78, 5) is 13.1. The third-order valence-electron chi connectivity index (χ3n) is 6.69. The smallest absolute Gasteiger partial charge is 0.269 e. The Morgan fingerprint density at radius 3 is 2.33 bits per heavy atom. The predicted molar refractivity (Wildman–Crippen MR) is 124 cm³/mol. The number of nitro groups is 1. The van der Waals surface area contributed by atoms with Gasteiger partial charge in [-0.3, -0.25) is 15.0 Å². The highest BCUT2D eigenvalue weighted by Crippen LogP contribution is 2.50. The number of ether oxygens (including phenoxy) is 3. The molecule has 7 heteroatoms. The maximum absolute atomic E-state index is 11.1. The average molecular weight is 447 g/mol. The molecule has 5 rings (SSSR count). The van der Waals surface area contributed by atoms with E-state index in [1.807, 2.05) is 6.07 Å². The summed E-state index contributed by atoms with van der Waals surface area (Å²) < 4.78 is 17.6. The van der Waals surface area contributed by atoms with Crippen LogP contribution in [-0.4, -0.2) is 37.2 Å². The van der Waals surface area contributed by atoms with E-state index in [-0.39, 0.29) is 28.8 Å². The van der Waals surface area contributed by atoms with Crippen LogP contribution in [0.25, 0.3) is 0 Å². The summed E-state index contributed by atoms with van der Waals surface area (Å²) in [5.74, 6) is 1.58. The van der Waals surface area contributed by atoms with Crippen LogP contribution < -0.4 is 9.47 Å². The second-order valence-corrected chi connectivity index (χ2v) is 8.39. The zero-order chi connectivity index (χ0) is 22.9. The number of hydrogen-bond donors (Lipinski definition) is 0. The first-order valence-electron chi connectivity index (χ1n) is 11.0. The van der Waals surface area contributed by atoms with Crippen LogP contribution in [0, 0.1) is 10.1 Å². The quantitative estimate of drug-likeness (QED) is 0.405. The Balaban J connectivity index is 1.59. The topological polar surface area (TPSA) is 74.1 Å². The lowest BCUT2D eigenvalue weighted by atomic mass is 9.79. The number of rotatable bonds is 5. The summed E-state index contributed by atoms with van der Waals surface area (Å²) in [6, 6.07) is 21.4. The minimum Gasteiger partial charge on any atom is -0.493 e. The highest BCUT2D eigenvalue weighted by Gasteiger charge is 2.43. The van der Waals surface area contributed by atoms with Crippen molar-refractivity contribution >= 4 is 5.69 Å². The molecular weight excluding hydrogens is 420 g/mol. The van der Waals surface area contributed by atoms with E-state index in [0.29, 0.717) is 12.4 Å². The molecule has 2 aliphatic rings. The zero-order valence-corrected chi connectivity index (χ0v) is 18.6. The van der Waals surface area contributed by atoms with E-state index in [2.05, 4.69) is 41.3 Å². The first-order chi connectivity index (χ1) is 16.1. The second kappa shape index (κ2) is 8.84. The second-order valence-electron chi connectivity index (χ2n) is 8.39. The van der Waals surface area contributed by atoms with E-state index in [1.165, 1.54) is 16.7 Å². The molecule has 0 radical (unpaired) electrons. The lowest BCUT2D eigenvalue weighted by Gasteiger charge is -2.49. The monoisotopic (exact) mass is 446 g/mol. The van der Waals surface area contributed by atoms with Crippen molar-refractivity contribution in [1.82, 2.24) is 4.90 Å². The third kappa shape index (κ3) is 3.83. The summed E-state index contributed by atoms with van der Waals surface area (Å²) in [7, 11) is 3.31. The van der Waals surface area contributed by atoms with Crippen LogP contribution >= 0.6 is 0 Å². The Kier molecular flexibility index (Phi) is 5.74. The minimum absolute atomic E-state index is 0.0740. The van der Waals surface area contributed by atoms with Gasteiger partial charge in [0, 0.05) is 30.6 Å². The Hall–Kier alpha value is -3.42. The van der Waals surface area contributed by atoms with E-state index in [4.69, 9.17) is 14.2 Å². The van der Waals surface area contributed by atoms with Gasteiger partial charge in [0.1, 0.15) is 6.23 Å². The van der Waals surface area contributed by atoms with Gasteiger partial charge in [-0.05, 0) is 52.9 Å². The largest absolute Gasteiger partial charge is 0.493 e. The van der Waals surface area contributed by atoms with Crippen molar-refractivity contribution in [2.75, 3.05) is 27.4 Å². The van der Waals surface area contributed by atoms with Gasteiger partial charge in [-0.1, -0.05) is 30.3 Å². The van der Waals surface area contributed by atoms with Crippen LogP contribution in [0.5, 0.6) is 11.5 Å². The first-order valence-corrected chi connectivity index (χ1v) is 11.0. The van der Waals surface area contributed by atoms with Crippen LogP contribution in [0.1, 0.15) is 40.4 Å². The fourth-order valence-corrected chi connectivity index (χ4v) is 5.12. The number of nitrogens with zero attached hydrogens (tertiary/aromatic N) is 2. The van der Waals surface area contributed by atoms with E-state index in [0.717, 1.165) is 24.3 Å². The van der Waals surface area contributed by atoms with Crippen molar-refractivity contribution < 1.29 is 19.1 Å². The Bertz CT molecular complexity index is 1150. The molecule has 1 saturated heterocycles. The fraction of sp³-hybridized carbons (Fsp3) is 0.308. The molecule has 33 heavy (non-hydrogen) atoms. The van der Waals surface area contributed by atoms with Crippen molar-refractivity contribution in [2.24, 2.45) is 0 Å². The molecule has 0 aromatic heterocycles. The van der Waals surface area contributed by atoms with Gasteiger partial charge < -0.3 is 14.2 Å². The minimum atomic E-state index is -0.378. The van der Waals surface area contributed by atoms with Crippen molar-refractivity contribution in [3.63, 3.8) is 0 Å². The number of non-ortho nitro benzene ring substituents is 1. The highest BCUT2D eigenvalue weighted by molar-refractivity contribution is 5.51. The van der Waals surface area contributed by atoms with Crippen LogP contribution in [-0.2, 0) is 11.2 Å². The molecule has 3 atom stereocenters. The SMILES string of the molecule is COc1cc2c(cc1OC)[C@H]1[C@@H](c3ccccc3)CO[C@@H](c3ccc([N+](=O)[O-])cc3)N1CC2. The number of benzene rings is 3. The lowest BCUT2D eigenvalue weighted by molar-refractivity contribution is -0.384. The number of methoxy groups -OCH3 is 2. The van der Waals surface area contributed by atoms with Crippen molar-refractivity contribution in [1.29, 1.82) is 0 Å². The van der Waals surface area contributed by atoms with E-state index in [9.17, 15) is 10.1 Å². The van der Waals surface area contributed by atoms with Crippen LogP contribution in [0.15, 0.2) is 66.7 Å². The Morgan fingerprint density at radius 2 is 1.67 bits per heavy atom. The van der Waals surface area contributed by atoms with E-state index in [1.54, 1.807) is 38.5 Å². The van der Waals surface area contributed by atoms with Crippen molar-refractivity contribution in [3.8, 4) is 11.5 Å². The molecule has 170 valence electrons. The van der Waals surface area contributed by atoms with Gasteiger partial charge in [-0.15, -0.1) is 0 Å². The summed E-state index contributed by atoms with van der Waals surface area (Å²) in [5.41, 5.74) is 4.68. The number of nitro benzene ring substituents is 1. The lowest BCUT2D eigenvalue weighted by Crippen LogP contribution is -2.47. The van der Waals surface area contributed by atoms with E-state index < -0.39 is 0 Å². The summed E-state index contributed by atoms with van der Waals surface area (Å²) >= 11 is 0. The molecule has 3 aromatic carbocycles. The van der Waals surface area contributed by atoms with Gasteiger partial charge >= 0.3 is 0 Å². The van der Waals surface area contributed by atoms with Gasteiger partial charge in [-0.25, -0.2) is 0 Å². The predicted octanol–water partition coefficient (Wildman–Crippen LogP) is 5.02. The molecule has 0 unspecified atom stereocenters. The molecule has 0 spiro atoms.